The van der Waals surface area contributed by atoms with Gasteiger partial charge in [0.15, 0.2) is 0 Å². The van der Waals surface area contributed by atoms with Crippen LogP contribution in [0.2, 0.25) is 0 Å². The number of rotatable bonds is 5. The Labute approximate surface area is 186 Å². The number of carbonyl (C=O) groups excluding carboxylic acids is 1. The van der Waals surface area contributed by atoms with E-state index in [4.69, 9.17) is 9.47 Å². The summed E-state index contributed by atoms with van der Waals surface area (Å²) in [4.78, 5) is 14.5. The molecular formula is C24H28BrNO4. The highest BCUT2D eigenvalue weighted by Crippen LogP contribution is 2.38. The summed E-state index contributed by atoms with van der Waals surface area (Å²) in [5.74, 6) is 0.609. The fraction of sp³-hybridized carbons (Fsp3) is 0.375. The number of ether oxygens (including phenoxy) is 2. The van der Waals surface area contributed by atoms with Crippen LogP contribution < -0.4 is 4.74 Å². The van der Waals surface area contributed by atoms with Gasteiger partial charge in [0.2, 0.25) is 0 Å². The third kappa shape index (κ3) is 5.64. The monoisotopic (exact) mass is 473 g/mol. The zero-order valence-electron chi connectivity index (χ0n) is 17.5. The van der Waals surface area contributed by atoms with Gasteiger partial charge in [0.05, 0.1) is 10.5 Å². The van der Waals surface area contributed by atoms with Crippen molar-refractivity contribution in [1.29, 1.82) is 0 Å². The molecule has 2 unspecified atom stereocenters. The van der Waals surface area contributed by atoms with Crippen LogP contribution in [-0.4, -0.2) is 34.9 Å². The first-order chi connectivity index (χ1) is 14.3. The molecule has 0 saturated heterocycles. The van der Waals surface area contributed by atoms with Crippen molar-refractivity contribution in [2.24, 2.45) is 0 Å². The number of aliphatic hydroxyl groups excluding tert-OH is 1. The molecule has 0 saturated carbocycles. The van der Waals surface area contributed by atoms with Gasteiger partial charge in [-0.1, -0.05) is 54.6 Å². The maximum Gasteiger partial charge on any atom is 0.411 e. The van der Waals surface area contributed by atoms with Crippen molar-refractivity contribution in [2.45, 2.75) is 44.9 Å². The second-order valence-corrected chi connectivity index (χ2v) is 9.09. The molecule has 0 spiro atoms. The van der Waals surface area contributed by atoms with Crippen LogP contribution in [0.4, 0.5) is 4.79 Å². The van der Waals surface area contributed by atoms with Crippen LogP contribution in [0.15, 0.2) is 65.2 Å². The summed E-state index contributed by atoms with van der Waals surface area (Å²) in [6, 6.07) is 14.8. The minimum Gasteiger partial charge on any atom is -0.489 e. The fourth-order valence-corrected chi connectivity index (χ4v) is 3.82. The second-order valence-electron chi connectivity index (χ2n) is 8.23. The third-order valence-electron chi connectivity index (χ3n) is 4.70. The van der Waals surface area contributed by atoms with Crippen LogP contribution in [0.3, 0.4) is 0 Å². The molecule has 2 atom stereocenters. The molecule has 0 aliphatic carbocycles. The van der Waals surface area contributed by atoms with Gasteiger partial charge in [-0.15, -0.1) is 0 Å². The summed E-state index contributed by atoms with van der Waals surface area (Å²) in [5, 5.41) is 10.5. The molecule has 2 aromatic rings. The van der Waals surface area contributed by atoms with Crippen LogP contribution in [0.5, 0.6) is 5.75 Å². The molecule has 0 aromatic heterocycles. The number of carbonyl (C=O) groups is 1. The first kappa shape index (κ1) is 22.4. The van der Waals surface area contributed by atoms with E-state index >= 15 is 0 Å². The molecule has 1 amide bonds. The quantitative estimate of drug-likeness (QED) is 0.557. The Morgan fingerprint density at radius 3 is 2.63 bits per heavy atom. The molecule has 160 valence electrons. The molecule has 1 aliphatic heterocycles. The Balaban J connectivity index is 1.84. The predicted octanol–water partition coefficient (Wildman–Crippen LogP) is 5.80. The molecule has 30 heavy (non-hydrogen) atoms. The van der Waals surface area contributed by atoms with Crippen molar-refractivity contribution in [3.63, 3.8) is 0 Å². The third-order valence-corrected chi connectivity index (χ3v) is 5.33. The molecule has 0 bridgehead atoms. The standard InChI is InChI=1S/C24H28BrNO4/c1-24(2,3)30-23(28)26-15-8-7-14-20(26)18-12-9-13-19(25)22(18)29-16-21(27)17-10-5-4-6-11-17/h4-7,9-14,20-21,27H,8,15-16H2,1-3H3. The summed E-state index contributed by atoms with van der Waals surface area (Å²) >= 11 is 3.56. The van der Waals surface area contributed by atoms with E-state index in [0.29, 0.717) is 12.3 Å². The van der Waals surface area contributed by atoms with Crippen molar-refractivity contribution in [3.05, 3.63) is 76.3 Å². The van der Waals surface area contributed by atoms with Gasteiger partial charge in [-0.2, -0.15) is 0 Å². The summed E-state index contributed by atoms with van der Waals surface area (Å²) in [6.07, 6.45) is 3.72. The predicted molar refractivity (Wildman–Crippen MR) is 120 cm³/mol. The highest BCUT2D eigenvalue weighted by molar-refractivity contribution is 9.10. The van der Waals surface area contributed by atoms with E-state index in [1.54, 1.807) is 4.90 Å². The van der Waals surface area contributed by atoms with Gasteiger partial charge < -0.3 is 14.6 Å². The molecule has 2 aromatic carbocycles. The molecule has 1 heterocycles. The average Bonchev–Trinajstić information content (AvgIpc) is 2.72. The van der Waals surface area contributed by atoms with Crippen LogP contribution in [0.1, 0.15) is 50.5 Å². The van der Waals surface area contributed by atoms with Crippen molar-refractivity contribution < 1.29 is 19.4 Å². The highest BCUT2D eigenvalue weighted by Gasteiger charge is 2.31. The summed E-state index contributed by atoms with van der Waals surface area (Å²) in [7, 11) is 0. The van der Waals surface area contributed by atoms with E-state index in [1.165, 1.54) is 0 Å². The Morgan fingerprint density at radius 2 is 1.93 bits per heavy atom. The lowest BCUT2D eigenvalue weighted by Crippen LogP contribution is -2.40. The zero-order valence-corrected chi connectivity index (χ0v) is 19.1. The summed E-state index contributed by atoms with van der Waals surface area (Å²) < 4.78 is 12.4. The Hall–Kier alpha value is -2.31. The maximum absolute atomic E-state index is 12.8. The van der Waals surface area contributed by atoms with Gasteiger partial charge in [0.25, 0.3) is 0 Å². The molecule has 1 aliphatic rings. The fourth-order valence-electron chi connectivity index (χ4n) is 3.32. The van der Waals surface area contributed by atoms with E-state index in [1.807, 2.05) is 75.4 Å². The van der Waals surface area contributed by atoms with Crippen molar-refractivity contribution in [3.8, 4) is 5.75 Å². The van der Waals surface area contributed by atoms with Crippen LogP contribution in [0.25, 0.3) is 0 Å². The molecule has 0 radical (unpaired) electrons. The van der Waals surface area contributed by atoms with E-state index in [9.17, 15) is 9.90 Å². The van der Waals surface area contributed by atoms with E-state index in [2.05, 4.69) is 22.0 Å². The lowest BCUT2D eigenvalue weighted by molar-refractivity contribution is 0.0187. The second kappa shape index (κ2) is 9.67. The number of nitrogens with zero attached hydrogens (tertiary/aromatic N) is 1. The maximum atomic E-state index is 12.8. The first-order valence-electron chi connectivity index (χ1n) is 10.1. The summed E-state index contributed by atoms with van der Waals surface area (Å²) in [6.45, 7) is 6.24. The zero-order chi connectivity index (χ0) is 21.7. The minimum atomic E-state index is -0.755. The number of amides is 1. The van der Waals surface area contributed by atoms with Crippen LogP contribution >= 0.6 is 15.9 Å². The van der Waals surface area contributed by atoms with Gasteiger partial charge in [-0.05, 0) is 54.8 Å². The van der Waals surface area contributed by atoms with Crippen molar-refractivity contribution in [2.75, 3.05) is 13.2 Å². The van der Waals surface area contributed by atoms with Gasteiger partial charge in [0.1, 0.15) is 24.1 Å². The molecular weight excluding hydrogens is 446 g/mol. The van der Waals surface area contributed by atoms with Gasteiger partial charge in [-0.25, -0.2) is 4.79 Å². The molecule has 0 fully saturated rings. The molecule has 5 nitrogen and oxygen atoms in total. The number of halogens is 1. The normalized spacial score (nSPS) is 17.5. The van der Waals surface area contributed by atoms with Crippen LogP contribution in [0, 0.1) is 0 Å². The van der Waals surface area contributed by atoms with Crippen molar-refractivity contribution >= 4 is 22.0 Å². The largest absolute Gasteiger partial charge is 0.489 e. The van der Waals surface area contributed by atoms with E-state index in [0.717, 1.165) is 22.0 Å². The lowest BCUT2D eigenvalue weighted by Gasteiger charge is -2.35. The van der Waals surface area contributed by atoms with E-state index < -0.39 is 11.7 Å². The van der Waals surface area contributed by atoms with E-state index in [-0.39, 0.29) is 18.7 Å². The van der Waals surface area contributed by atoms with Gasteiger partial charge in [0, 0.05) is 12.1 Å². The Bertz CT molecular complexity index is 892. The Morgan fingerprint density at radius 1 is 1.20 bits per heavy atom. The average molecular weight is 474 g/mol. The minimum absolute atomic E-state index is 0.0997. The molecule has 3 rings (SSSR count). The SMILES string of the molecule is CC(C)(C)OC(=O)N1CCC=CC1c1cccc(Br)c1OCC(O)c1ccccc1. The van der Waals surface area contributed by atoms with Crippen LogP contribution in [-0.2, 0) is 4.74 Å². The van der Waals surface area contributed by atoms with Gasteiger partial charge in [-0.3, -0.25) is 4.90 Å². The van der Waals surface area contributed by atoms with Crippen molar-refractivity contribution in [1.82, 2.24) is 4.90 Å². The smallest absolute Gasteiger partial charge is 0.411 e. The van der Waals surface area contributed by atoms with Gasteiger partial charge >= 0.3 is 6.09 Å². The highest BCUT2D eigenvalue weighted by atomic mass is 79.9. The number of para-hydroxylation sites is 1. The Kier molecular flexibility index (Phi) is 7.21. The lowest BCUT2D eigenvalue weighted by atomic mass is 10.0. The number of hydrogen-bond donors (Lipinski definition) is 1. The number of benzene rings is 2. The molecule has 1 N–H and O–H groups in total. The molecule has 6 heteroatoms. The summed E-state index contributed by atoms with van der Waals surface area (Å²) in [5.41, 5.74) is 1.06. The number of hydrogen-bond acceptors (Lipinski definition) is 4. The topological polar surface area (TPSA) is 59.0 Å². The number of aliphatic hydroxyl groups is 1. The first-order valence-corrected chi connectivity index (χ1v) is 10.9.